The van der Waals surface area contributed by atoms with Gasteiger partial charge in [0.25, 0.3) is 11.4 Å². The number of para-hydroxylation sites is 2. The maximum absolute atomic E-state index is 10.3. The van der Waals surface area contributed by atoms with Crippen molar-refractivity contribution < 1.29 is 61.0 Å². The fraction of sp³-hybridized carbons (Fsp3) is 0.417. The Morgan fingerprint density at radius 2 is 0.837 bits per heavy atom. The molecular weight excluding hydrogens is 706 g/mol. The predicted octanol–water partition coefficient (Wildman–Crippen LogP) is -4.55. The molecule has 19 heteroatoms. The Labute approximate surface area is 286 Å². The van der Waals surface area contributed by atoms with Crippen molar-refractivity contribution in [3.05, 3.63) is 79.9 Å². The number of nitrogens with zero attached hydrogens (tertiary/aromatic N) is 4. The number of nitro benzene ring substituents is 2. The van der Waals surface area contributed by atoms with Gasteiger partial charge in [0, 0.05) is 51.4 Å². The van der Waals surface area contributed by atoms with Gasteiger partial charge in [0.15, 0.2) is 0 Å². The van der Waals surface area contributed by atoms with E-state index in [9.17, 15) is 40.0 Å². The van der Waals surface area contributed by atoms with Crippen LogP contribution >= 0.6 is 0 Å². The summed E-state index contributed by atoms with van der Waals surface area (Å²) in [5.74, 6) is -3.08. The number of carbonyl (C=O) groups is 2. The van der Waals surface area contributed by atoms with Gasteiger partial charge in [-0.05, 0) is 12.1 Å². The second kappa shape index (κ2) is 28.2. The molecule has 0 aliphatic carbocycles. The Balaban J connectivity index is -0.000000259. The second-order valence-corrected chi connectivity index (χ2v) is 7.70. The first-order valence-electron chi connectivity index (χ1n) is 11.8. The smallest absolute Gasteiger partial charge is 0.545 e. The van der Waals surface area contributed by atoms with Crippen LogP contribution in [0.1, 0.15) is 20.7 Å². The molecule has 0 heterocycles. The zero-order valence-corrected chi connectivity index (χ0v) is 27.7. The maximum atomic E-state index is 10.3. The van der Waals surface area contributed by atoms with Gasteiger partial charge in [-0.3, -0.25) is 30.0 Å². The topological polar surface area (TPSA) is 317 Å². The van der Waals surface area contributed by atoms with Crippen molar-refractivity contribution in [2.45, 2.75) is 0 Å². The van der Waals surface area contributed by atoms with E-state index in [1.807, 2.05) is 9.80 Å². The van der Waals surface area contributed by atoms with E-state index in [1.54, 1.807) is 0 Å². The van der Waals surface area contributed by atoms with Crippen LogP contribution in [-0.2, 0) is 0 Å². The Morgan fingerprint density at radius 3 is 1.02 bits per heavy atom. The van der Waals surface area contributed by atoms with Gasteiger partial charge in [-0.15, -0.1) is 0 Å². The fourth-order valence-electron chi connectivity index (χ4n) is 3.13. The van der Waals surface area contributed by atoms with Crippen LogP contribution in [0.3, 0.4) is 0 Å². The number of nitro groups is 2. The van der Waals surface area contributed by atoms with Gasteiger partial charge in [0.2, 0.25) is 0 Å². The van der Waals surface area contributed by atoms with E-state index in [1.165, 1.54) is 24.3 Å². The quantitative estimate of drug-likeness (QED) is 0.0759. The van der Waals surface area contributed by atoms with Crippen molar-refractivity contribution in [2.75, 3.05) is 65.7 Å². The Morgan fingerprint density at radius 1 is 0.581 bits per heavy atom. The number of hydrogen-bond acceptors (Lipinski definition) is 14. The molecule has 238 valence electrons. The maximum Gasteiger partial charge on any atom is 2.00 e. The summed E-state index contributed by atoms with van der Waals surface area (Å²) < 4.78 is 0. The Hall–Kier alpha value is -2.57. The van der Waals surface area contributed by atoms with Gasteiger partial charge in [-0.2, -0.15) is 0 Å². The number of carboxylic acids is 2. The summed E-state index contributed by atoms with van der Waals surface area (Å²) in [5, 5.41) is 76.4. The van der Waals surface area contributed by atoms with Crippen molar-refractivity contribution in [1.82, 2.24) is 9.80 Å². The molecule has 0 aliphatic heterocycles. The van der Waals surface area contributed by atoms with Crippen LogP contribution in [0.25, 0.3) is 0 Å². The average molecular weight is 742 g/mol. The van der Waals surface area contributed by atoms with Crippen molar-refractivity contribution in [3.8, 4) is 0 Å². The molecule has 0 saturated carbocycles. The van der Waals surface area contributed by atoms with Crippen molar-refractivity contribution in [1.29, 1.82) is 0 Å². The molecule has 0 amide bonds. The summed E-state index contributed by atoms with van der Waals surface area (Å²) in [6.45, 7) is 3.83. The molecule has 0 spiro atoms. The molecule has 8 N–H and O–H groups in total. The number of hydrogen-bond donors (Lipinski definition) is 4. The zero-order valence-electron chi connectivity index (χ0n) is 23.2. The molecule has 0 unspecified atom stereocenters. The van der Waals surface area contributed by atoms with Crippen LogP contribution in [0.2, 0.25) is 0 Å². The molecule has 2 aromatic rings. The van der Waals surface area contributed by atoms with Gasteiger partial charge in [0.05, 0.1) is 59.3 Å². The van der Waals surface area contributed by atoms with Gasteiger partial charge in [-0.1, -0.05) is 24.3 Å². The van der Waals surface area contributed by atoms with Crippen molar-refractivity contribution in [3.63, 3.8) is 0 Å². The van der Waals surface area contributed by atoms with E-state index in [4.69, 9.17) is 20.4 Å². The van der Waals surface area contributed by atoms with E-state index >= 15 is 0 Å². The Bertz CT molecular complexity index is 918. The first kappa shape index (κ1) is 47.4. The SMILES string of the molecule is O.O.O=C([O-])c1ccccc1[N+](=O)[O-].O=C([O-])c1ccccc1[N+](=O)[O-].OCCN(CCO)CCN(CCO)CCO.[Ba+2]. The summed E-state index contributed by atoms with van der Waals surface area (Å²) in [4.78, 5) is 43.5. The zero-order chi connectivity index (χ0) is 30.5. The average Bonchev–Trinajstić information content (AvgIpc) is 2.92. The largest absolute Gasteiger partial charge is 2.00 e. The number of rotatable bonds is 15. The van der Waals surface area contributed by atoms with Gasteiger partial charge < -0.3 is 51.2 Å². The minimum absolute atomic E-state index is 0. The number of aromatic carboxylic acids is 2. The first-order chi connectivity index (χ1) is 19.0. The molecule has 43 heavy (non-hydrogen) atoms. The Kier molecular flexibility index (Phi) is 31.1. The number of benzene rings is 2. The monoisotopic (exact) mass is 742 g/mol. The normalized spacial score (nSPS) is 9.53. The summed E-state index contributed by atoms with van der Waals surface area (Å²) in [7, 11) is 0. The first-order valence-corrected chi connectivity index (χ1v) is 11.8. The summed E-state index contributed by atoms with van der Waals surface area (Å²) in [6, 6.07) is 10.1. The number of aliphatic hydroxyl groups excluding tert-OH is 4. The summed E-state index contributed by atoms with van der Waals surface area (Å²) >= 11 is 0. The third kappa shape index (κ3) is 20.1. The molecule has 0 bridgehead atoms. The molecule has 0 fully saturated rings. The molecule has 0 atom stereocenters. The number of carbonyl (C=O) groups excluding carboxylic acids is 2. The standard InChI is InChI=1S/C10H24N2O4.2C7H5NO4.Ba.2H2O/c13-7-3-11(4-8-14)1-2-12(5-9-15)6-10-16;2*9-7(10)5-3-1-2-4-6(5)8(11)12;;;/h13-16H,1-10H2;2*1-4H,(H,9,10);;2*1H2/q;;;+2;;/p-2. The van der Waals surface area contributed by atoms with E-state index in [0.717, 1.165) is 24.3 Å². The van der Waals surface area contributed by atoms with Crippen LogP contribution in [-0.4, -0.2) is 178 Å². The second-order valence-electron chi connectivity index (χ2n) is 7.70. The van der Waals surface area contributed by atoms with Crippen LogP contribution in [0.5, 0.6) is 0 Å². The fourth-order valence-corrected chi connectivity index (χ4v) is 3.13. The van der Waals surface area contributed by atoms with E-state index in [-0.39, 0.29) is 86.3 Å². The van der Waals surface area contributed by atoms with E-state index in [0.29, 0.717) is 39.3 Å². The van der Waals surface area contributed by atoms with Crippen molar-refractivity contribution in [2.24, 2.45) is 0 Å². The van der Waals surface area contributed by atoms with Crippen molar-refractivity contribution >= 4 is 72.2 Å². The summed E-state index contributed by atoms with van der Waals surface area (Å²) in [6.07, 6.45) is 0. The van der Waals surface area contributed by atoms with E-state index < -0.39 is 44.3 Å². The predicted molar refractivity (Wildman–Crippen MR) is 149 cm³/mol. The van der Waals surface area contributed by atoms with E-state index in [2.05, 4.69) is 0 Å². The van der Waals surface area contributed by atoms with Crippen LogP contribution in [0.4, 0.5) is 11.4 Å². The minimum Gasteiger partial charge on any atom is -0.545 e. The summed E-state index contributed by atoms with van der Waals surface area (Å²) in [5.41, 5.74) is -1.69. The van der Waals surface area contributed by atoms with Crippen LogP contribution in [0.15, 0.2) is 48.5 Å². The van der Waals surface area contributed by atoms with Gasteiger partial charge in [0.1, 0.15) is 0 Å². The molecule has 0 saturated heterocycles. The van der Waals surface area contributed by atoms with Gasteiger partial charge in [-0.25, -0.2) is 0 Å². The molecule has 2 aromatic carbocycles. The molecule has 18 nitrogen and oxygen atoms in total. The third-order valence-corrected chi connectivity index (χ3v) is 5.04. The molecule has 2 rings (SSSR count). The number of carboxylic acid groups (broad SMARTS) is 2. The van der Waals surface area contributed by atoms with Crippen LogP contribution < -0.4 is 10.2 Å². The molecule has 0 aromatic heterocycles. The van der Waals surface area contributed by atoms with Gasteiger partial charge >= 0.3 is 48.9 Å². The number of aliphatic hydroxyl groups is 4. The minimum atomic E-state index is -1.54. The molecular formula is C24H36BaN4O14. The molecule has 0 radical (unpaired) electrons. The third-order valence-electron chi connectivity index (χ3n) is 5.04. The van der Waals surface area contributed by atoms with Crippen LogP contribution in [0, 0.1) is 20.2 Å². The molecule has 0 aliphatic rings.